The predicted molar refractivity (Wildman–Crippen MR) is 74.9 cm³/mol. The molecule has 0 unspecified atom stereocenters. The highest BCUT2D eigenvalue weighted by atomic mass is 16.5. The summed E-state index contributed by atoms with van der Waals surface area (Å²) in [6.45, 7) is 2.01. The van der Waals surface area contributed by atoms with Crippen LogP contribution in [0, 0.1) is 11.8 Å². The van der Waals surface area contributed by atoms with Gasteiger partial charge in [-0.25, -0.2) is 9.97 Å². The van der Waals surface area contributed by atoms with Crippen molar-refractivity contribution < 1.29 is 9.47 Å². The topological polar surface area (TPSA) is 47.5 Å². The Morgan fingerprint density at radius 1 is 1.25 bits per heavy atom. The molecule has 1 aromatic heterocycles. The predicted octanol–water partition coefficient (Wildman–Crippen LogP) is 1.88. The average Bonchev–Trinajstić information content (AvgIpc) is 3.18. The maximum Gasteiger partial charge on any atom is 0.218 e. The maximum atomic E-state index is 6.21. The summed E-state index contributed by atoms with van der Waals surface area (Å²) in [7, 11) is 1.64. The third-order valence-electron chi connectivity index (χ3n) is 4.86. The molecule has 0 amide bonds. The van der Waals surface area contributed by atoms with E-state index < -0.39 is 0 Å². The van der Waals surface area contributed by atoms with Crippen molar-refractivity contribution in [2.45, 2.75) is 37.8 Å². The van der Waals surface area contributed by atoms with Crippen molar-refractivity contribution in [1.29, 1.82) is 0 Å². The Morgan fingerprint density at radius 3 is 2.95 bits per heavy atom. The molecule has 0 radical (unpaired) electrons. The standard InChI is InChI=1S/C15H21N3O2/c1-19-14-6-13(16-9-17-14)18-7-11-4-5-12(18)15(11)20-8-10-2-3-10/h6,9-12,15H,2-5,7-8H2,1H3/t11-,12+,15+/m1/s1. The van der Waals surface area contributed by atoms with Crippen molar-refractivity contribution in [1.82, 2.24) is 9.97 Å². The Bertz CT molecular complexity index is 492. The van der Waals surface area contributed by atoms with E-state index in [0.717, 1.165) is 24.9 Å². The normalized spacial score (nSPS) is 31.9. The van der Waals surface area contributed by atoms with Crippen molar-refractivity contribution in [3.63, 3.8) is 0 Å². The zero-order valence-electron chi connectivity index (χ0n) is 11.9. The number of hydrogen-bond acceptors (Lipinski definition) is 5. The van der Waals surface area contributed by atoms with Crippen molar-refractivity contribution in [2.24, 2.45) is 11.8 Å². The first-order chi connectivity index (χ1) is 9.85. The number of fused-ring (bicyclic) bond motifs is 2. The lowest BCUT2D eigenvalue weighted by molar-refractivity contribution is 0.0323. The first-order valence-corrected chi connectivity index (χ1v) is 7.59. The second-order valence-electron chi connectivity index (χ2n) is 6.22. The van der Waals surface area contributed by atoms with Gasteiger partial charge in [0.25, 0.3) is 0 Å². The largest absolute Gasteiger partial charge is 0.481 e. The van der Waals surface area contributed by atoms with E-state index in [0.29, 0.717) is 23.9 Å². The molecule has 5 heteroatoms. The minimum atomic E-state index is 0.400. The summed E-state index contributed by atoms with van der Waals surface area (Å²) in [5, 5.41) is 0. The van der Waals surface area contributed by atoms with E-state index >= 15 is 0 Å². The molecule has 1 aliphatic heterocycles. The summed E-state index contributed by atoms with van der Waals surface area (Å²) in [4.78, 5) is 10.9. The Balaban J connectivity index is 1.49. The molecule has 3 atom stereocenters. The summed E-state index contributed by atoms with van der Waals surface area (Å²) >= 11 is 0. The van der Waals surface area contributed by atoms with Crippen LogP contribution in [0.2, 0.25) is 0 Å². The number of rotatable bonds is 5. The number of methoxy groups -OCH3 is 1. The van der Waals surface area contributed by atoms with E-state index in [1.54, 1.807) is 13.4 Å². The van der Waals surface area contributed by atoms with Gasteiger partial charge in [-0.2, -0.15) is 0 Å². The molecule has 0 spiro atoms. The van der Waals surface area contributed by atoms with Crippen LogP contribution in [0.3, 0.4) is 0 Å². The third-order valence-corrected chi connectivity index (χ3v) is 4.86. The van der Waals surface area contributed by atoms with Gasteiger partial charge in [-0.1, -0.05) is 0 Å². The van der Waals surface area contributed by atoms with Crippen molar-refractivity contribution in [3.8, 4) is 5.88 Å². The fraction of sp³-hybridized carbons (Fsp3) is 0.733. The van der Waals surface area contributed by atoms with Gasteiger partial charge in [0, 0.05) is 25.1 Å². The molecule has 4 rings (SSSR count). The summed E-state index contributed by atoms with van der Waals surface area (Å²) in [6.07, 6.45) is 7.20. The SMILES string of the molecule is COc1cc(N2C[C@H]3CC[C@H]2[C@H]3OCC2CC2)ncn1. The van der Waals surface area contributed by atoms with Crippen LogP contribution in [0.25, 0.3) is 0 Å². The molecule has 0 N–H and O–H groups in total. The number of anilines is 1. The van der Waals surface area contributed by atoms with Crippen molar-refractivity contribution in [3.05, 3.63) is 12.4 Å². The monoisotopic (exact) mass is 275 g/mol. The second kappa shape index (κ2) is 4.88. The number of piperidine rings is 1. The smallest absolute Gasteiger partial charge is 0.218 e. The maximum absolute atomic E-state index is 6.21. The average molecular weight is 275 g/mol. The molecular weight excluding hydrogens is 254 g/mol. The summed E-state index contributed by atoms with van der Waals surface area (Å²) in [6, 6.07) is 2.41. The molecule has 1 saturated heterocycles. The van der Waals surface area contributed by atoms with Gasteiger partial charge in [0.05, 0.1) is 19.3 Å². The summed E-state index contributed by atoms with van der Waals surface area (Å²) < 4.78 is 11.4. The molecule has 3 fully saturated rings. The van der Waals surface area contributed by atoms with Gasteiger partial charge in [0.1, 0.15) is 12.1 Å². The molecule has 20 heavy (non-hydrogen) atoms. The van der Waals surface area contributed by atoms with E-state index in [-0.39, 0.29) is 0 Å². The fourth-order valence-corrected chi connectivity index (χ4v) is 3.58. The van der Waals surface area contributed by atoms with Crippen LogP contribution in [0.4, 0.5) is 5.82 Å². The molecule has 2 heterocycles. The van der Waals surface area contributed by atoms with Crippen molar-refractivity contribution in [2.75, 3.05) is 25.2 Å². The van der Waals surface area contributed by atoms with Crippen LogP contribution < -0.4 is 9.64 Å². The van der Waals surface area contributed by atoms with Gasteiger partial charge in [-0.3, -0.25) is 0 Å². The first-order valence-electron chi connectivity index (χ1n) is 7.59. The second-order valence-corrected chi connectivity index (χ2v) is 6.22. The highest BCUT2D eigenvalue weighted by Crippen LogP contribution is 2.43. The number of hydrogen-bond donors (Lipinski definition) is 0. The van der Waals surface area contributed by atoms with Crippen LogP contribution in [0.15, 0.2) is 12.4 Å². The van der Waals surface area contributed by atoms with Crippen LogP contribution in [-0.2, 0) is 4.74 Å². The van der Waals surface area contributed by atoms with Gasteiger partial charge >= 0.3 is 0 Å². The fourth-order valence-electron chi connectivity index (χ4n) is 3.58. The Morgan fingerprint density at radius 2 is 2.15 bits per heavy atom. The van der Waals surface area contributed by atoms with Crippen LogP contribution in [-0.4, -0.2) is 42.4 Å². The number of nitrogens with zero attached hydrogens (tertiary/aromatic N) is 3. The Hall–Kier alpha value is -1.36. The van der Waals surface area contributed by atoms with Gasteiger partial charge in [-0.05, 0) is 31.6 Å². The zero-order chi connectivity index (χ0) is 13.5. The lowest BCUT2D eigenvalue weighted by atomic mass is 10.1. The minimum absolute atomic E-state index is 0.400. The quantitative estimate of drug-likeness (QED) is 0.821. The van der Waals surface area contributed by atoms with Crippen LogP contribution in [0.5, 0.6) is 5.88 Å². The molecule has 5 nitrogen and oxygen atoms in total. The molecule has 108 valence electrons. The van der Waals surface area contributed by atoms with Crippen LogP contribution >= 0.6 is 0 Å². The highest BCUT2D eigenvalue weighted by Gasteiger charge is 2.48. The Labute approximate surface area is 119 Å². The van der Waals surface area contributed by atoms with E-state index in [1.165, 1.54) is 25.7 Å². The van der Waals surface area contributed by atoms with Gasteiger partial charge in [-0.15, -0.1) is 0 Å². The van der Waals surface area contributed by atoms with E-state index in [4.69, 9.17) is 9.47 Å². The molecule has 2 bridgehead atoms. The van der Waals surface area contributed by atoms with Crippen molar-refractivity contribution >= 4 is 5.82 Å². The molecule has 3 aliphatic rings. The molecular formula is C15H21N3O2. The Kier molecular flexibility index (Phi) is 3.02. The minimum Gasteiger partial charge on any atom is -0.481 e. The number of aromatic nitrogens is 2. The highest BCUT2D eigenvalue weighted by molar-refractivity contribution is 5.45. The summed E-state index contributed by atoms with van der Waals surface area (Å²) in [5.41, 5.74) is 0. The van der Waals surface area contributed by atoms with E-state index in [1.807, 2.05) is 6.07 Å². The third kappa shape index (κ3) is 2.14. The van der Waals surface area contributed by atoms with E-state index in [2.05, 4.69) is 14.9 Å². The molecule has 0 aromatic carbocycles. The zero-order valence-corrected chi connectivity index (χ0v) is 11.9. The molecule has 1 aromatic rings. The summed E-state index contributed by atoms with van der Waals surface area (Å²) in [5.74, 6) is 3.11. The lowest BCUT2D eigenvalue weighted by Crippen LogP contribution is -2.36. The van der Waals surface area contributed by atoms with Gasteiger partial charge < -0.3 is 14.4 Å². The lowest BCUT2D eigenvalue weighted by Gasteiger charge is -2.28. The molecule has 2 aliphatic carbocycles. The first kappa shape index (κ1) is 12.4. The molecule has 2 saturated carbocycles. The van der Waals surface area contributed by atoms with Gasteiger partial charge in [0.15, 0.2) is 0 Å². The number of ether oxygens (including phenoxy) is 2. The van der Waals surface area contributed by atoms with Crippen LogP contribution in [0.1, 0.15) is 25.7 Å². The van der Waals surface area contributed by atoms with E-state index in [9.17, 15) is 0 Å². The van der Waals surface area contributed by atoms with Gasteiger partial charge in [0.2, 0.25) is 5.88 Å².